The summed E-state index contributed by atoms with van der Waals surface area (Å²) in [7, 11) is 1.60. The Morgan fingerprint density at radius 2 is 2.08 bits per heavy atom. The van der Waals surface area contributed by atoms with Crippen LogP contribution in [0.1, 0.15) is 12.8 Å². The lowest BCUT2D eigenvalue weighted by atomic mass is 10.2. The van der Waals surface area contributed by atoms with Gasteiger partial charge < -0.3 is 19.7 Å². The zero-order chi connectivity index (χ0) is 17.6. The van der Waals surface area contributed by atoms with Gasteiger partial charge in [0.25, 0.3) is 5.91 Å². The first-order valence-corrected chi connectivity index (χ1v) is 8.72. The molecule has 25 heavy (non-hydrogen) atoms. The molecule has 1 aromatic rings. The van der Waals surface area contributed by atoms with E-state index < -0.39 is 0 Å². The van der Waals surface area contributed by atoms with Crippen LogP contribution in [0.15, 0.2) is 24.3 Å². The van der Waals surface area contributed by atoms with Crippen molar-refractivity contribution in [2.45, 2.75) is 18.9 Å². The van der Waals surface area contributed by atoms with Crippen molar-refractivity contribution in [1.29, 1.82) is 0 Å². The standard InChI is InChI=1S/C18H25N3O4/c1-24-15-5-2-4-14(12-15)19-17(22)13-20-7-9-21(10-8-20)18(23)16-6-3-11-25-16/h2,4-5,12,16H,3,6-11,13H2,1H3,(H,19,22)/t16-/m1/s1. The van der Waals surface area contributed by atoms with E-state index in [1.807, 2.05) is 23.1 Å². The van der Waals surface area contributed by atoms with Crippen molar-refractivity contribution in [2.75, 3.05) is 51.8 Å². The van der Waals surface area contributed by atoms with E-state index in [2.05, 4.69) is 10.2 Å². The highest BCUT2D eigenvalue weighted by Gasteiger charge is 2.30. The molecule has 1 atom stereocenters. The van der Waals surface area contributed by atoms with Crippen LogP contribution in [0.2, 0.25) is 0 Å². The highest BCUT2D eigenvalue weighted by Crippen LogP contribution is 2.17. The normalized spacial score (nSPS) is 21.2. The van der Waals surface area contributed by atoms with Crippen molar-refractivity contribution in [3.63, 3.8) is 0 Å². The average Bonchev–Trinajstić information content (AvgIpc) is 3.16. The van der Waals surface area contributed by atoms with Crippen LogP contribution in [0.5, 0.6) is 5.75 Å². The van der Waals surface area contributed by atoms with Crippen molar-refractivity contribution in [3.05, 3.63) is 24.3 Å². The predicted octanol–water partition coefficient (Wildman–Crippen LogP) is 0.957. The number of carbonyl (C=O) groups is 2. The molecule has 1 N–H and O–H groups in total. The number of carbonyl (C=O) groups excluding carboxylic acids is 2. The first kappa shape index (κ1) is 17.7. The maximum absolute atomic E-state index is 12.3. The minimum atomic E-state index is -0.261. The zero-order valence-electron chi connectivity index (χ0n) is 14.6. The van der Waals surface area contributed by atoms with Gasteiger partial charge in [-0.25, -0.2) is 0 Å². The molecule has 2 aliphatic heterocycles. The summed E-state index contributed by atoms with van der Waals surface area (Å²) in [4.78, 5) is 28.5. The van der Waals surface area contributed by atoms with E-state index in [0.717, 1.165) is 18.5 Å². The van der Waals surface area contributed by atoms with Crippen LogP contribution in [-0.2, 0) is 14.3 Å². The van der Waals surface area contributed by atoms with Gasteiger partial charge in [-0.05, 0) is 25.0 Å². The lowest BCUT2D eigenvalue weighted by Crippen LogP contribution is -2.52. The van der Waals surface area contributed by atoms with E-state index >= 15 is 0 Å². The van der Waals surface area contributed by atoms with Gasteiger partial charge in [0.2, 0.25) is 5.91 Å². The maximum Gasteiger partial charge on any atom is 0.251 e. The molecule has 7 heteroatoms. The second-order valence-electron chi connectivity index (χ2n) is 6.38. The van der Waals surface area contributed by atoms with Gasteiger partial charge in [0, 0.05) is 44.5 Å². The molecule has 0 saturated carbocycles. The van der Waals surface area contributed by atoms with Gasteiger partial charge >= 0.3 is 0 Å². The summed E-state index contributed by atoms with van der Waals surface area (Å²) in [5, 5.41) is 2.88. The molecule has 0 bridgehead atoms. The largest absolute Gasteiger partial charge is 0.497 e. The van der Waals surface area contributed by atoms with Crippen LogP contribution in [0.25, 0.3) is 0 Å². The third-order valence-corrected chi connectivity index (χ3v) is 4.61. The second kappa shape index (κ2) is 8.31. The van der Waals surface area contributed by atoms with Crippen LogP contribution in [0.4, 0.5) is 5.69 Å². The molecular formula is C18H25N3O4. The van der Waals surface area contributed by atoms with Gasteiger partial charge in [-0.15, -0.1) is 0 Å². The fourth-order valence-electron chi connectivity index (χ4n) is 3.21. The molecule has 0 aliphatic carbocycles. The molecule has 0 unspecified atom stereocenters. The number of rotatable bonds is 5. The number of ether oxygens (including phenoxy) is 2. The van der Waals surface area contributed by atoms with Gasteiger partial charge in [-0.2, -0.15) is 0 Å². The Bertz CT molecular complexity index is 608. The average molecular weight is 347 g/mol. The molecule has 0 radical (unpaired) electrons. The summed E-state index contributed by atoms with van der Waals surface area (Å²) in [5.74, 6) is 0.740. The van der Waals surface area contributed by atoms with Gasteiger partial charge in [-0.3, -0.25) is 14.5 Å². The quantitative estimate of drug-likeness (QED) is 0.859. The molecular weight excluding hydrogens is 322 g/mol. The smallest absolute Gasteiger partial charge is 0.251 e. The number of anilines is 1. The molecule has 2 aliphatic rings. The Labute approximate surface area is 147 Å². The number of piperazine rings is 1. The van der Waals surface area contributed by atoms with Crippen LogP contribution in [-0.4, -0.2) is 74.2 Å². The van der Waals surface area contributed by atoms with Crippen molar-refractivity contribution < 1.29 is 19.1 Å². The first-order chi connectivity index (χ1) is 12.2. The van der Waals surface area contributed by atoms with E-state index in [1.54, 1.807) is 13.2 Å². The predicted molar refractivity (Wildman–Crippen MR) is 93.6 cm³/mol. The van der Waals surface area contributed by atoms with Gasteiger partial charge in [-0.1, -0.05) is 6.07 Å². The SMILES string of the molecule is COc1cccc(NC(=O)CN2CCN(C(=O)[C@H]3CCCO3)CC2)c1. The Morgan fingerprint density at radius 3 is 2.76 bits per heavy atom. The molecule has 2 heterocycles. The van der Waals surface area contributed by atoms with Crippen molar-refractivity contribution in [3.8, 4) is 5.75 Å². The van der Waals surface area contributed by atoms with E-state index in [4.69, 9.17) is 9.47 Å². The van der Waals surface area contributed by atoms with Crippen molar-refractivity contribution in [2.24, 2.45) is 0 Å². The molecule has 1 aromatic carbocycles. The molecule has 0 spiro atoms. The summed E-state index contributed by atoms with van der Waals surface area (Å²) in [6.45, 7) is 3.68. The highest BCUT2D eigenvalue weighted by atomic mass is 16.5. The number of amides is 2. The van der Waals surface area contributed by atoms with E-state index in [9.17, 15) is 9.59 Å². The summed E-state index contributed by atoms with van der Waals surface area (Å²) in [6.07, 6.45) is 1.52. The fourth-order valence-corrected chi connectivity index (χ4v) is 3.21. The van der Waals surface area contributed by atoms with Crippen LogP contribution < -0.4 is 10.1 Å². The van der Waals surface area contributed by atoms with E-state index in [0.29, 0.717) is 45.1 Å². The molecule has 136 valence electrons. The van der Waals surface area contributed by atoms with Crippen LogP contribution in [0, 0.1) is 0 Å². The van der Waals surface area contributed by atoms with Crippen LogP contribution in [0.3, 0.4) is 0 Å². The van der Waals surface area contributed by atoms with Crippen molar-refractivity contribution in [1.82, 2.24) is 9.80 Å². The maximum atomic E-state index is 12.3. The third kappa shape index (κ3) is 4.70. The first-order valence-electron chi connectivity index (χ1n) is 8.72. The number of nitrogens with one attached hydrogen (secondary N) is 1. The van der Waals surface area contributed by atoms with Gasteiger partial charge in [0.15, 0.2) is 0 Å². The topological polar surface area (TPSA) is 71.1 Å². The Balaban J connectivity index is 1.43. The monoisotopic (exact) mass is 347 g/mol. The van der Waals surface area contributed by atoms with Gasteiger partial charge in [0.1, 0.15) is 11.9 Å². The molecule has 7 nitrogen and oxygen atoms in total. The minimum absolute atomic E-state index is 0.0628. The molecule has 0 aromatic heterocycles. The zero-order valence-corrected chi connectivity index (χ0v) is 14.6. The Kier molecular flexibility index (Phi) is 5.88. The van der Waals surface area contributed by atoms with E-state index in [1.165, 1.54) is 0 Å². The molecule has 2 amide bonds. The minimum Gasteiger partial charge on any atom is -0.497 e. The lowest BCUT2D eigenvalue weighted by molar-refractivity contribution is -0.142. The molecule has 2 saturated heterocycles. The second-order valence-corrected chi connectivity index (χ2v) is 6.38. The van der Waals surface area contributed by atoms with Crippen LogP contribution >= 0.6 is 0 Å². The number of methoxy groups -OCH3 is 1. The highest BCUT2D eigenvalue weighted by molar-refractivity contribution is 5.92. The summed E-state index contributed by atoms with van der Waals surface area (Å²) in [6, 6.07) is 7.29. The number of hydrogen-bond donors (Lipinski definition) is 1. The lowest BCUT2D eigenvalue weighted by Gasteiger charge is -2.35. The van der Waals surface area contributed by atoms with E-state index in [-0.39, 0.29) is 17.9 Å². The van der Waals surface area contributed by atoms with Crippen molar-refractivity contribution >= 4 is 17.5 Å². The molecule has 3 rings (SSSR count). The Hall–Kier alpha value is -2.12. The third-order valence-electron chi connectivity index (χ3n) is 4.61. The Morgan fingerprint density at radius 1 is 1.28 bits per heavy atom. The summed E-state index contributed by atoms with van der Waals surface area (Å²) >= 11 is 0. The van der Waals surface area contributed by atoms with Gasteiger partial charge in [0.05, 0.1) is 13.7 Å². The number of nitrogens with zero attached hydrogens (tertiary/aromatic N) is 2. The number of benzene rings is 1. The number of hydrogen-bond acceptors (Lipinski definition) is 5. The fraction of sp³-hybridized carbons (Fsp3) is 0.556. The summed E-state index contributed by atoms with van der Waals surface area (Å²) in [5.41, 5.74) is 0.719. The molecule has 2 fully saturated rings. The summed E-state index contributed by atoms with van der Waals surface area (Å²) < 4.78 is 10.6.